The lowest BCUT2D eigenvalue weighted by molar-refractivity contribution is -0.132. The lowest BCUT2D eigenvalue weighted by atomic mass is 9.78. The number of nitrogens with zero attached hydrogens (tertiary/aromatic N) is 2. The van der Waals surface area contributed by atoms with Crippen LogP contribution in [0.15, 0.2) is 65.2 Å². The van der Waals surface area contributed by atoms with Crippen LogP contribution < -0.4 is 0 Å². The number of hydrogen-bond acceptors (Lipinski definition) is 7. The summed E-state index contributed by atoms with van der Waals surface area (Å²) in [5.41, 5.74) is 0.534. The third kappa shape index (κ3) is 4.49. The molecule has 1 saturated heterocycles. The van der Waals surface area contributed by atoms with Crippen LogP contribution in [0.5, 0.6) is 0 Å². The number of pyridine rings is 1. The van der Waals surface area contributed by atoms with Gasteiger partial charge in [0.15, 0.2) is 0 Å². The van der Waals surface area contributed by atoms with E-state index in [9.17, 15) is 14.9 Å². The van der Waals surface area contributed by atoms with E-state index in [1.165, 1.54) is 6.26 Å². The van der Waals surface area contributed by atoms with E-state index in [0.717, 1.165) is 4.90 Å². The van der Waals surface area contributed by atoms with Gasteiger partial charge in [-0.25, -0.2) is 9.10 Å². The molecule has 1 fully saturated rings. The molecule has 0 aromatic carbocycles. The second kappa shape index (κ2) is 8.44. The number of ether oxygens (including phenoxy) is 1. The first-order valence-electron chi connectivity index (χ1n) is 8.19. The quantitative estimate of drug-likeness (QED) is 0.325. The number of hydrogen-bond donors (Lipinski definition) is 2. The summed E-state index contributed by atoms with van der Waals surface area (Å²) in [6, 6.07) is 3.85. The van der Waals surface area contributed by atoms with Crippen LogP contribution in [0.3, 0.4) is 0 Å². The average molecular weight is 374 g/mol. The summed E-state index contributed by atoms with van der Waals surface area (Å²) in [4.78, 5) is 16.7. The van der Waals surface area contributed by atoms with Crippen LogP contribution in [-0.2, 0) is 14.2 Å². The molecule has 0 amide bonds. The fourth-order valence-electron chi connectivity index (χ4n) is 2.57. The maximum absolute atomic E-state index is 11.6. The second-order valence-corrected chi connectivity index (χ2v) is 7.06. The summed E-state index contributed by atoms with van der Waals surface area (Å²) in [5, 5.41) is 19.1. The van der Waals surface area contributed by atoms with E-state index in [0.29, 0.717) is 31.4 Å². The summed E-state index contributed by atoms with van der Waals surface area (Å²) < 4.78 is 13.0. The van der Waals surface area contributed by atoms with E-state index >= 15 is 0 Å². The Morgan fingerprint density at radius 3 is 3.00 bits per heavy atom. The fraction of sp³-hybridized carbons (Fsp3) is 0.294. The fourth-order valence-corrected chi connectivity index (χ4v) is 3.60. The highest BCUT2D eigenvalue weighted by atomic mass is 32.2. The van der Waals surface area contributed by atoms with Gasteiger partial charge in [0.25, 0.3) is 0 Å². The minimum Gasteiger partial charge on any atom is -0.535 e. The van der Waals surface area contributed by atoms with Crippen LogP contribution in [0, 0.1) is 0 Å². The summed E-state index contributed by atoms with van der Waals surface area (Å²) in [7, 11) is -1.02. The molecule has 7 nitrogen and oxygen atoms in total. The van der Waals surface area contributed by atoms with Gasteiger partial charge in [-0.15, -0.1) is 0 Å². The zero-order chi connectivity index (χ0) is 18.5. The Balaban J connectivity index is 1.60. The lowest BCUT2D eigenvalue weighted by Gasteiger charge is -2.37. The van der Waals surface area contributed by atoms with Crippen molar-refractivity contribution in [3.05, 3.63) is 60.3 Å². The van der Waals surface area contributed by atoms with E-state index in [-0.39, 0.29) is 17.4 Å². The smallest absolute Gasteiger partial charge is 0.522 e. The third-order valence-corrected chi connectivity index (χ3v) is 5.00. The van der Waals surface area contributed by atoms with Crippen LogP contribution >= 0.6 is 11.9 Å². The predicted molar refractivity (Wildman–Crippen MR) is 98.0 cm³/mol. The normalized spacial score (nSPS) is 19.0. The van der Waals surface area contributed by atoms with Crippen molar-refractivity contribution in [3.8, 4) is 0 Å². The van der Waals surface area contributed by atoms with Crippen LogP contribution in [-0.4, -0.2) is 51.7 Å². The minimum atomic E-state index is -1.17. The van der Waals surface area contributed by atoms with E-state index in [4.69, 9.17) is 9.39 Å². The van der Waals surface area contributed by atoms with E-state index in [1.807, 2.05) is 12.1 Å². The Labute approximate surface area is 156 Å². The Morgan fingerprint density at radius 2 is 2.35 bits per heavy atom. The van der Waals surface area contributed by atoms with Crippen LogP contribution in [0.4, 0.5) is 0 Å². The molecule has 0 saturated carbocycles. The number of carboxylic acid groups (broad SMARTS) is 1. The van der Waals surface area contributed by atoms with Gasteiger partial charge in [-0.1, -0.05) is 12.7 Å². The molecular weight excluding hydrogens is 355 g/mol. The van der Waals surface area contributed by atoms with Gasteiger partial charge in [-0.3, -0.25) is 4.98 Å². The van der Waals surface area contributed by atoms with Gasteiger partial charge in [0.1, 0.15) is 23.7 Å². The molecule has 0 bridgehead atoms. The monoisotopic (exact) mass is 374 g/mol. The highest BCUT2D eigenvalue weighted by Gasteiger charge is 2.32. The van der Waals surface area contributed by atoms with Gasteiger partial charge in [0.05, 0.1) is 0 Å². The van der Waals surface area contributed by atoms with Crippen molar-refractivity contribution in [2.24, 2.45) is 0 Å². The van der Waals surface area contributed by atoms with Crippen molar-refractivity contribution in [2.45, 2.75) is 23.7 Å². The van der Waals surface area contributed by atoms with E-state index in [2.05, 4.69) is 15.9 Å². The van der Waals surface area contributed by atoms with Crippen molar-refractivity contribution in [1.82, 2.24) is 9.29 Å². The Hall–Kier alpha value is -2.23. The molecule has 0 aliphatic carbocycles. The molecule has 1 aromatic rings. The Bertz CT molecular complexity index is 734. The van der Waals surface area contributed by atoms with Crippen molar-refractivity contribution in [2.75, 3.05) is 13.1 Å². The molecule has 0 radical (unpaired) electrons. The first-order valence-corrected chi connectivity index (χ1v) is 8.96. The predicted octanol–water partition coefficient (Wildman–Crippen LogP) is 2.10. The molecular formula is C17H19BN2O5S. The maximum atomic E-state index is 11.6. The number of carbonyl (C=O) groups is 1. The molecule has 3 heterocycles. The molecule has 3 rings (SSSR count). The number of carboxylic acids is 1. The molecule has 2 N–H and O–H groups in total. The average Bonchev–Trinajstić information content (AvgIpc) is 2.60. The van der Waals surface area contributed by atoms with Crippen molar-refractivity contribution in [1.29, 1.82) is 0 Å². The SMILES string of the molecule is C=CC1=C(/C(=C/OC2CN(Sc3cccnc3)C2)C(=O)O)OB(O)CC1. The zero-order valence-electron chi connectivity index (χ0n) is 14.1. The summed E-state index contributed by atoms with van der Waals surface area (Å²) in [6.45, 7) is 5.01. The zero-order valence-corrected chi connectivity index (χ0v) is 14.9. The highest BCUT2D eigenvalue weighted by molar-refractivity contribution is 7.97. The molecule has 0 unspecified atom stereocenters. The van der Waals surface area contributed by atoms with Gasteiger partial charge in [-0.05, 0) is 42.4 Å². The van der Waals surface area contributed by atoms with Crippen LogP contribution in [0.2, 0.25) is 6.32 Å². The van der Waals surface area contributed by atoms with E-state index in [1.54, 1.807) is 30.4 Å². The first-order chi connectivity index (χ1) is 12.6. The summed E-state index contributed by atoms with van der Waals surface area (Å²) in [6.07, 6.45) is 7.07. The highest BCUT2D eigenvalue weighted by Crippen LogP contribution is 2.30. The number of allylic oxidation sites excluding steroid dienone is 2. The summed E-state index contributed by atoms with van der Waals surface area (Å²) >= 11 is 1.58. The Kier molecular flexibility index (Phi) is 6.02. The Morgan fingerprint density at radius 1 is 1.54 bits per heavy atom. The van der Waals surface area contributed by atoms with Crippen molar-refractivity contribution >= 4 is 25.0 Å². The minimum absolute atomic E-state index is 0.102. The number of rotatable bonds is 7. The second-order valence-electron chi connectivity index (χ2n) is 5.89. The molecule has 0 spiro atoms. The van der Waals surface area contributed by atoms with Crippen molar-refractivity contribution < 1.29 is 24.3 Å². The van der Waals surface area contributed by atoms with Gasteiger partial charge >= 0.3 is 13.1 Å². The largest absolute Gasteiger partial charge is 0.535 e. The topological polar surface area (TPSA) is 92.1 Å². The van der Waals surface area contributed by atoms with Gasteiger partial charge in [-0.2, -0.15) is 0 Å². The summed E-state index contributed by atoms with van der Waals surface area (Å²) in [5.74, 6) is -1.05. The van der Waals surface area contributed by atoms with Crippen molar-refractivity contribution in [3.63, 3.8) is 0 Å². The van der Waals surface area contributed by atoms with Crippen LogP contribution in [0.1, 0.15) is 6.42 Å². The third-order valence-electron chi connectivity index (χ3n) is 3.99. The van der Waals surface area contributed by atoms with Gasteiger partial charge in [0.2, 0.25) is 0 Å². The molecule has 2 aliphatic heterocycles. The molecule has 9 heteroatoms. The maximum Gasteiger partial charge on any atom is 0.522 e. The molecule has 26 heavy (non-hydrogen) atoms. The molecule has 2 aliphatic rings. The van der Waals surface area contributed by atoms with E-state index < -0.39 is 13.1 Å². The number of aromatic nitrogens is 1. The first kappa shape index (κ1) is 18.6. The van der Waals surface area contributed by atoms with Gasteiger partial charge < -0.3 is 19.5 Å². The molecule has 0 atom stereocenters. The standard InChI is InChI=1S/C17H19BN2O5S/c1-2-12-5-6-18(23)25-16(12)15(17(21)22)11-24-13-9-20(10-13)26-14-4-3-7-19-8-14/h2-4,7-8,11,13,23H,1,5-6,9-10H2,(H,21,22)/b15-11-. The molecule has 1 aromatic heterocycles. The lowest BCUT2D eigenvalue weighted by Crippen LogP contribution is -2.47. The molecule has 136 valence electrons. The van der Waals surface area contributed by atoms with Gasteiger partial charge in [0, 0.05) is 30.4 Å². The van der Waals surface area contributed by atoms with Crippen LogP contribution in [0.25, 0.3) is 0 Å². The number of aliphatic carboxylic acids is 1.